The van der Waals surface area contributed by atoms with Crippen LogP contribution in [0.15, 0.2) is 22.8 Å². The third kappa shape index (κ3) is 2.28. The number of rotatable bonds is 4. The van der Waals surface area contributed by atoms with Crippen LogP contribution in [-0.2, 0) is 10.3 Å². The third-order valence-electron chi connectivity index (χ3n) is 2.45. The Hall–Kier alpha value is -1.14. The Morgan fingerprint density at radius 3 is 2.82 bits per heavy atom. The minimum atomic E-state index is -0.618. The van der Waals surface area contributed by atoms with E-state index in [0.717, 1.165) is 21.8 Å². The van der Waals surface area contributed by atoms with Gasteiger partial charge in [-0.25, -0.2) is 0 Å². The Morgan fingerprint density at radius 2 is 2.29 bits per heavy atom. The molecule has 0 aliphatic carbocycles. The average Bonchev–Trinajstić information content (AvgIpc) is 2.97. The van der Waals surface area contributed by atoms with Crippen LogP contribution in [0.5, 0.6) is 0 Å². The maximum Gasteiger partial charge on any atom is 0.147 e. The molecular weight excluding hydrogens is 254 g/mol. The molecule has 0 bridgehead atoms. The molecule has 0 saturated carbocycles. The lowest BCUT2D eigenvalue weighted by molar-refractivity contribution is -0.114. The van der Waals surface area contributed by atoms with Gasteiger partial charge in [0.05, 0.1) is 15.3 Å². The minimum absolute atomic E-state index is 0.618. The van der Waals surface area contributed by atoms with E-state index >= 15 is 0 Å². The van der Waals surface area contributed by atoms with E-state index in [4.69, 9.17) is 0 Å². The second kappa shape index (κ2) is 4.62. The van der Waals surface area contributed by atoms with Gasteiger partial charge in [0.1, 0.15) is 17.5 Å². The summed E-state index contributed by atoms with van der Waals surface area (Å²) in [7, 11) is 0. The lowest BCUT2D eigenvalue weighted by Gasteiger charge is -2.16. The maximum absolute atomic E-state index is 11.0. The number of hydrogen-bond donors (Lipinski definition) is 0. The van der Waals surface area contributed by atoms with Crippen molar-refractivity contribution in [3.8, 4) is 10.6 Å². The maximum atomic E-state index is 11.0. The molecule has 0 N–H and O–H groups in total. The van der Waals surface area contributed by atoms with Crippen molar-refractivity contribution < 1.29 is 4.79 Å². The summed E-state index contributed by atoms with van der Waals surface area (Å²) in [6.07, 6.45) is 6.61. The number of hydrogen-bond acceptors (Lipinski definition) is 5. The van der Waals surface area contributed by atoms with E-state index in [1.54, 1.807) is 39.5 Å². The second-order valence-corrected chi connectivity index (χ2v) is 5.86. The van der Waals surface area contributed by atoms with Crippen molar-refractivity contribution in [3.05, 3.63) is 17.9 Å². The molecule has 2 rings (SSSR count). The van der Waals surface area contributed by atoms with Gasteiger partial charge in [-0.2, -0.15) is 5.10 Å². The van der Waals surface area contributed by atoms with Crippen LogP contribution >= 0.6 is 23.1 Å². The highest BCUT2D eigenvalue weighted by Gasteiger charge is 2.23. The van der Waals surface area contributed by atoms with Crippen molar-refractivity contribution in [2.75, 3.05) is 6.26 Å². The largest absolute Gasteiger partial charge is 0.301 e. The fourth-order valence-electron chi connectivity index (χ4n) is 1.36. The number of thiazole rings is 1. The Kier molecular flexibility index (Phi) is 3.35. The summed E-state index contributed by atoms with van der Waals surface area (Å²) in [5.41, 5.74) is 2.06. The Morgan fingerprint density at radius 1 is 1.53 bits per heavy atom. The Labute approximate surface area is 108 Å². The summed E-state index contributed by atoms with van der Waals surface area (Å²) in [6, 6.07) is 0. The van der Waals surface area contributed by atoms with Crippen molar-refractivity contribution in [3.63, 3.8) is 0 Å². The van der Waals surface area contributed by atoms with Crippen LogP contribution in [0.1, 0.15) is 13.8 Å². The third-order valence-corrected chi connectivity index (χ3v) is 3.96. The molecule has 0 spiro atoms. The molecule has 0 amide bonds. The molecule has 2 aromatic rings. The molecule has 0 radical (unpaired) electrons. The van der Waals surface area contributed by atoms with Gasteiger partial charge in [-0.05, 0) is 20.1 Å². The molecule has 17 heavy (non-hydrogen) atoms. The highest BCUT2D eigenvalue weighted by Crippen LogP contribution is 2.32. The normalized spacial score (nSPS) is 11.7. The molecule has 2 heterocycles. The molecule has 0 fully saturated rings. The van der Waals surface area contributed by atoms with E-state index in [9.17, 15) is 4.79 Å². The van der Waals surface area contributed by atoms with Crippen LogP contribution in [0.2, 0.25) is 0 Å². The average molecular weight is 267 g/mol. The van der Waals surface area contributed by atoms with Crippen molar-refractivity contribution >= 4 is 29.4 Å². The molecule has 0 atom stereocenters. The predicted molar refractivity (Wildman–Crippen MR) is 70.5 cm³/mol. The molecule has 0 aromatic carbocycles. The van der Waals surface area contributed by atoms with Gasteiger partial charge >= 0.3 is 0 Å². The van der Waals surface area contributed by atoms with Gasteiger partial charge < -0.3 is 4.79 Å². The number of aldehydes is 1. The lowest BCUT2D eigenvalue weighted by Crippen LogP contribution is -2.28. The predicted octanol–water partition coefficient (Wildman–Crippen LogP) is 2.66. The van der Waals surface area contributed by atoms with E-state index in [1.165, 1.54) is 0 Å². The molecule has 0 unspecified atom stereocenters. The minimum Gasteiger partial charge on any atom is -0.301 e. The number of carbonyl (C=O) groups excluding carboxylic acids is 1. The highest BCUT2D eigenvalue weighted by molar-refractivity contribution is 7.98. The zero-order valence-electron chi connectivity index (χ0n) is 9.88. The monoisotopic (exact) mass is 267 g/mol. The summed E-state index contributed by atoms with van der Waals surface area (Å²) >= 11 is 3.17. The first-order chi connectivity index (χ1) is 8.08. The number of carbonyl (C=O) groups is 1. The standard InChI is InChI=1S/C11H13N3OS2/c1-11(2,6-15)14-5-9(16-3)10(13-14)8-4-12-7-17-8/h4-7H,1-3H3. The van der Waals surface area contributed by atoms with Gasteiger partial charge in [-0.3, -0.25) is 9.67 Å². The topological polar surface area (TPSA) is 47.8 Å². The molecule has 0 aliphatic heterocycles. The number of thioether (sulfide) groups is 1. The van der Waals surface area contributed by atoms with Crippen molar-refractivity contribution in [2.24, 2.45) is 0 Å². The number of nitrogens with zero attached hydrogens (tertiary/aromatic N) is 3. The molecule has 2 aromatic heterocycles. The Bertz CT molecular complexity index is 517. The fourth-order valence-corrected chi connectivity index (χ4v) is 2.59. The van der Waals surface area contributed by atoms with Crippen molar-refractivity contribution in [1.29, 1.82) is 0 Å². The lowest BCUT2D eigenvalue weighted by atomic mass is 10.1. The van der Waals surface area contributed by atoms with Crippen LogP contribution in [0.25, 0.3) is 10.6 Å². The van der Waals surface area contributed by atoms with Gasteiger partial charge in [0.2, 0.25) is 0 Å². The molecule has 4 nitrogen and oxygen atoms in total. The van der Waals surface area contributed by atoms with E-state index in [1.807, 2.05) is 26.3 Å². The van der Waals surface area contributed by atoms with Gasteiger partial charge in [0.25, 0.3) is 0 Å². The highest BCUT2D eigenvalue weighted by atomic mass is 32.2. The molecule has 6 heteroatoms. The number of aromatic nitrogens is 3. The summed E-state index contributed by atoms with van der Waals surface area (Å²) in [4.78, 5) is 17.2. The summed E-state index contributed by atoms with van der Waals surface area (Å²) in [5, 5.41) is 4.50. The van der Waals surface area contributed by atoms with E-state index in [-0.39, 0.29) is 0 Å². The second-order valence-electron chi connectivity index (χ2n) is 4.13. The van der Waals surface area contributed by atoms with Crippen LogP contribution in [0.4, 0.5) is 0 Å². The quantitative estimate of drug-likeness (QED) is 0.631. The summed E-state index contributed by atoms with van der Waals surface area (Å²) in [6.45, 7) is 3.68. The first-order valence-electron chi connectivity index (χ1n) is 5.08. The van der Waals surface area contributed by atoms with Crippen LogP contribution in [0, 0.1) is 0 Å². The molecule has 90 valence electrons. The van der Waals surface area contributed by atoms with E-state index < -0.39 is 5.54 Å². The van der Waals surface area contributed by atoms with Crippen molar-refractivity contribution in [2.45, 2.75) is 24.3 Å². The smallest absolute Gasteiger partial charge is 0.147 e. The van der Waals surface area contributed by atoms with Gasteiger partial charge in [-0.1, -0.05) is 0 Å². The van der Waals surface area contributed by atoms with E-state index in [2.05, 4.69) is 10.1 Å². The molecular formula is C11H13N3OS2. The molecule has 0 saturated heterocycles. The Balaban J connectivity index is 2.51. The van der Waals surface area contributed by atoms with Crippen molar-refractivity contribution in [1.82, 2.24) is 14.8 Å². The first kappa shape index (κ1) is 12.3. The van der Waals surface area contributed by atoms with Crippen LogP contribution < -0.4 is 0 Å². The SMILES string of the molecule is CSc1cn(C(C)(C)C=O)nc1-c1cncs1. The summed E-state index contributed by atoms with van der Waals surface area (Å²) in [5.74, 6) is 0. The first-order valence-corrected chi connectivity index (χ1v) is 7.18. The zero-order chi connectivity index (χ0) is 12.5. The zero-order valence-corrected chi connectivity index (χ0v) is 11.5. The van der Waals surface area contributed by atoms with Gasteiger partial charge in [0.15, 0.2) is 0 Å². The molecule has 0 aliphatic rings. The van der Waals surface area contributed by atoms with E-state index in [0.29, 0.717) is 0 Å². The summed E-state index contributed by atoms with van der Waals surface area (Å²) < 4.78 is 1.71. The van der Waals surface area contributed by atoms with Crippen LogP contribution in [0.3, 0.4) is 0 Å². The fraction of sp³-hybridized carbons (Fsp3) is 0.364. The van der Waals surface area contributed by atoms with Crippen LogP contribution in [-0.4, -0.2) is 27.3 Å². The van der Waals surface area contributed by atoms with Gasteiger partial charge in [-0.15, -0.1) is 23.1 Å². The van der Waals surface area contributed by atoms with Gasteiger partial charge in [0, 0.05) is 12.4 Å².